The summed E-state index contributed by atoms with van der Waals surface area (Å²) in [6.45, 7) is 3.73. The molecule has 2 aromatic carbocycles. The molecule has 0 saturated carbocycles. The maximum Gasteiger partial charge on any atom is 0.277 e. The van der Waals surface area contributed by atoms with Crippen molar-refractivity contribution >= 4 is 12.1 Å². The minimum Gasteiger partial charge on any atom is -0.497 e. The van der Waals surface area contributed by atoms with E-state index in [1.165, 1.54) is 0 Å². The zero-order valence-electron chi connectivity index (χ0n) is 16.0. The van der Waals surface area contributed by atoms with Gasteiger partial charge in [0.1, 0.15) is 11.5 Å². The largest absolute Gasteiger partial charge is 0.497 e. The second kappa shape index (κ2) is 8.85. The van der Waals surface area contributed by atoms with Crippen molar-refractivity contribution in [1.29, 1.82) is 0 Å². The lowest BCUT2D eigenvalue weighted by molar-refractivity contribution is -0.123. The summed E-state index contributed by atoms with van der Waals surface area (Å²) in [5, 5.41) is 8.58. The van der Waals surface area contributed by atoms with Crippen LogP contribution in [0.15, 0.2) is 59.7 Å². The topological polar surface area (TPSA) is 77.7 Å². The number of ether oxygens (including phenoxy) is 2. The van der Waals surface area contributed by atoms with E-state index in [0.717, 1.165) is 28.4 Å². The molecule has 0 spiro atoms. The Hall–Kier alpha value is -3.61. The van der Waals surface area contributed by atoms with E-state index in [1.54, 1.807) is 37.6 Å². The Balaban J connectivity index is 1.58. The van der Waals surface area contributed by atoms with Gasteiger partial charge in [0.15, 0.2) is 6.61 Å². The quantitative estimate of drug-likeness (QED) is 0.506. The van der Waals surface area contributed by atoms with E-state index in [-0.39, 0.29) is 12.5 Å². The van der Waals surface area contributed by atoms with E-state index in [9.17, 15) is 4.79 Å². The van der Waals surface area contributed by atoms with Crippen molar-refractivity contribution in [2.45, 2.75) is 13.8 Å². The summed E-state index contributed by atoms with van der Waals surface area (Å²) in [5.74, 6) is 0.955. The van der Waals surface area contributed by atoms with E-state index in [4.69, 9.17) is 9.47 Å². The highest BCUT2D eigenvalue weighted by molar-refractivity contribution is 5.85. The molecule has 3 rings (SSSR count). The fourth-order valence-corrected chi connectivity index (χ4v) is 2.68. The van der Waals surface area contributed by atoms with Crippen LogP contribution < -0.4 is 14.9 Å². The van der Waals surface area contributed by atoms with Crippen LogP contribution in [-0.4, -0.2) is 35.6 Å². The number of rotatable bonds is 7. The van der Waals surface area contributed by atoms with Crippen LogP contribution in [0.25, 0.3) is 5.69 Å². The van der Waals surface area contributed by atoms with Gasteiger partial charge in [0.25, 0.3) is 5.91 Å². The van der Waals surface area contributed by atoms with E-state index < -0.39 is 0 Å². The minimum atomic E-state index is -0.349. The second-order valence-corrected chi connectivity index (χ2v) is 6.09. The van der Waals surface area contributed by atoms with Gasteiger partial charge in [0, 0.05) is 5.56 Å². The maximum atomic E-state index is 11.9. The molecule has 0 unspecified atom stereocenters. The minimum absolute atomic E-state index is 0.134. The van der Waals surface area contributed by atoms with Crippen LogP contribution in [0, 0.1) is 13.8 Å². The van der Waals surface area contributed by atoms with Crippen LogP contribution in [0.1, 0.15) is 17.0 Å². The fraction of sp³-hybridized carbons (Fsp3) is 0.190. The molecule has 0 radical (unpaired) electrons. The Bertz CT molecular complexity index is 963. The van der Waals surface area contributed by atoms with Gasteiger partial charge in [-0.3, -0.25) is 4.79 Å². The van der Waals surface area contributed by atoms with E-state index in [2.05, 4.69) is 15.6 Å². The molecule has 28 heavy (non-hydrogen) atoms. The monoisotopic (exact) mass is 378 g/mol. The summed E-state index contributed by atoms with van der Waals surface area (Å²) < 4.78 is 12.4. The molecular formula is C21H22N4O3. The van der Waals surface area contributed by atoms with Crippen LogP contribution in [-0.2, 0) is 4.79 Å². The molecule has 0 aliphatic rings. The van der Waals surface area contributed by atoms with Gasteiger partial charge in [-0.05, 0) is 50.2 Å². The van der Waals surface area contributed by atoms with Crippen molar-refractivity contribution in [1.82, 2.24) is 15.2 Å². The predicted octanol–water partition coefficient (Wildman–Crippen LogP) is 3.03. The van der Waals surface area contributed by atoms with Crippen LogP contribution in [0.5, 0.6) is 11.5 Å². The standard InChI is InChI=1S/C21H22N4O3/c1-15-20(16(2)25(24-15)17-7-5-4-6-8-17)13-22-23-21(26)14-28-19-11-9-18(27-3)10-12-19/h4-13H,14H2,1-3H3,(H,23,26)/b22-13+. The molecule has 1 amide bonds. The summed E-state index contributed by atoms with van der Waals surface area (Å²) in [6.07, 6.45) is 1.60. The molecule has 0 fully saturated rings. The summed E-state index contributed by atoms with van der Waals surface area (Å²) in [6, 6.07) is 16.9. The molecule has 144 valence electrons. The third kappa shape index (κ3) is 4.56. The van der Waals surface area contributed by atoms with Crippen molar-refractivity contribution in [3.8, 4) is 17.2 Å². The predicted molar refractivity (Wildman–Crippen MR) is 107 cm³/mol. The molecule has 7 nitrogen and oxygen atoms in total. The smallest absolute Gasteiger partial charge is 0.277 e. The number of para-hydroxylation sites is 1. The average Bonchev–Trinajstić information content (AvgIpc) is 3.01. The molecule has 0 atom stereocenters. The van der Waals surface area contributed by atoms with Crippen molar-refractivity contribution in [2.75, 3.05) is 13.7 Å². The molecule has 7 heteroatoms. The van der Waals surface area contributed by atoms with Crippen molar-refractivity contribution in [3.63, 3.8) is 0 Å². The molecule has 0 aliphatic heterocycles. The van der Waals surface area contributed by atoms with Gasteiger partial charge >= 0.3 is 0 Å². The number of benzene rings is 2. The van der Waals surface area contributed by atoms with Gasteiger partial charge in [0.05, 0.1) is 30.4 Å². The number of aromatic nitrogens is 2. The number of nitrogens with one attached hydrogen (secondary N) is 1. The number of amides is 1. The van der Waals surface area contributed by atoms with Gasteiger partial charge < -0.3 is 9.47 Å². The number of hydrazone groups is 1. The lowest BCUT2D eigenvalue weighted by atomic mass is 10.2. The van der Waals surface area contributed by atoms with E-state index in [0.29, 0.717) is 5.75 Å². The van der Waals surface area contributed by atoms with Crippen molar-refractivity contribution < 1.29 is 14.3 Å². The lowest BCUT2D eigenvalue weighted by Crippen LogP contribution is -2.24. The summed E-state index contributed by atoms with van der Waals surface area (Å²) in [5.41, 5.74) is 6.07. The Morgan fingerprint density at radius 2 is 1.79 bits per heavy atom. The van der Waals surface area contributed by atoms with E-state index >= 15 is 0 Å². The maximum absolute atomic E-state index is 11.9. The number of hydrogen-bond acceptors (Lipinski definition) is 5. The molecule has 0 aliphatic carbocycles. The van der Waals surface area contributed by atoms with Crippen LogP contribution >= 0.6 is 0 Å². The number of aryl methyl sites for hydroxylation is 1. The highest BCUT2D eigenvalue weighted by Crippen LogP contribution is 2.17. The Labute approximate surface area is 163 Å². The highest BCUT2D eigenvalue weighted by Gasteiger charge is 2.11. The molecule has 1 heterocycles. The van der Waals surface area contributed by atoms with Crippen molar-refractivity contribution in [3.05, 3.63) is 71.5 Å². The number of hydrogen-bond donors (Lipinski definition) is 1. The summed E-state index contributed by atoms with van der Waals surface area (Å²) in [4.78, 5) is 11.9. The van der Waals surface area contributed by atoms with Gasteiger partial charge in [0.2, 0.25) is 0 Å². The third-order valence-corrected chi connectivity index (χ3v) is 4.16. The van der Waals surface area contributed by atoms with Gasteiger partial charge in [-0.15, -0.1) is 0 Å². The van der Waals surface area contributed by atoms with Crippen LogP contribution in [0.3, 0.4) is 0 Å². The molecule has 3 aromatic rings. The first kappa shape index (κ1) is 19.2. The second-order valence-electron chi connectivity index (χ2n) is 6.09. The van der Waals surface area contributed by atoms with Crippen LogP contribution in [0.2, 0.25) is 0 Å². The fourth-order valence-electron chi connectivity index (χ4n) is 2.68. The first-order valence-corrected chi connectivity index (χ1v) is 8.79. The van der Waals surface area contributed by atoms with Gasteiger partial charge in [-0.1, -0.05) is 18.2 Å². The summed E-state index contributed by atoms with van der Waals surface area (Å²) in [7, 11) is 1.59. The number of carbonyl (C=O) groups excluding carboxylic acids is 1. The molecule has 0 bridgehead atoms. The zero-order valence-corrected chi connectivity index (χ0v) is 16.0. The average molecular weight is 378 g/mol. The number of methoxy groups -OCH3 is 1. The molecule has 1 N–H and O–H groups in total. The number of nitrogens with zero attached hydrogens (tertiary/aromatic N) is 3. The van der Waals surface area contributed by atoms with E-state index in [1.807, 2.05) is 48.9 Å². The van der Waals surface area contributed by atoms with Crippen LogP contribution in [0.4, 0.5) is 0 Å². The Kier molecular flexibility index (Phi) is 6.06. The SMILES string of the molecule is COc1ccc(OCC(=O)N/N=C/c2c(C)nn(-c3ccccc3)c2C)cc1. The molecule has 0 saturated heterocycles. The normalized spacial score (nSPS) is 10.8. The first-order valence-electron chi connectivity index (χ1n) is 8.79. The number of carbonyl (C=O) groups is 1. The first-order chi connectivity index (χ1) is 13.6. The highest BCUT2D eigenvalue weighted by atomic mass is 16.5. The summed E-state index contributed by atoms with van der Waals surface area (Å²) >= 11 is 0. The van der Waals surface area contributed by atoms with Crippen molar-refractivity contribution in [2.24, 2.45) is 5.10 Å². The Morgan fingerprint density at radius 1 is 1.11 bits per heavy atom. The zero-order chi connectivity index (χ0) is 19.9. The Morgan fingerprint density at radius 3 is 2.46 bits per heavy atom. The lowest BCUT2D eigenvalue weighted by Gasteiger charge is -2.06. The van der Waals surface area contributed by atoms with Gasteiger partial charge in [-0.2, -0.15) is 10.2 Å². The molecular weight excluding hydrogens is 356 g/mol. The van der Waals surface area contributed by atoms with Gasteiger partial charge in [-0.25, -0.2) is 10.1 Å². The molecule has 1 aromatic heterocycles. The third-order valence-electron chi connectivity index (χ3n) is 4.16.